The van der Waals surface area contributed by atoms with Gasteiger partial charge in [-0.2, -0.15) is 0 Å². The Morgan fingerprint density at radius 1 is 1.12 bits per heavy atom. The van der Waals surface area contributed by atoms with Gasteiger partial charge in [0.25, 0.3) is 5.91 Å². The first-order valence-corrected chi connectivity index (χ1v) is 5.23. The quantitative estimate of drug-likeness (QED) is 0.574. The van der Waals surface area contributed by atoms with Gasteiger partial charge < -0.3 is 0 Å². The molecule has 0 radical (unpaired) electrons. The van der Waals surface area contributed by atoms with E-state index in [1.165, 1.54) is 0 Å². The number of benzene rings is 1. The zero-order valence-electron chi connectivity index (χ0n) is 10.3. The van der Waals surface area contributed by atoms with Crippen LogP contribution in [0.2, 0.25) is 0 Å². The number of para-hydroxylation sites is 1. The third-order valence-corrected chi connectivity index (χ3v) is 2.31. The number of allylic oxidation sites excluding steroid dienone is 1. The molecule has 1 aromatic carbocycles. The maximum Gasteiger partial charge on any atom is 0.264 e. The standard InChI is InChI=1S/C13H18N2O/c1-11(2)10-13(16)15(4)14(3)12-8-6-5-7-9-12/h5-10H,1-4H3. The van der Waals surface area contributed by atoms with Crippen LogP contribution in [0.4, 0.5) is 5.69 Å². The number of likely N-dealkylation sites (N-methyl/N-ethyl adjacent to an activating group) is 1. The smallest absolute Gasteiger partial charge is 0.264 e. The minimum Gasteiger partial charge on any atom is -0.286 e. The number of amides is 1. The van der Waals surface area contributed by atoms with Gasteiger partial charge in [-0.1, -0.05) is 23.8 Å². The first-order valence-electron chi connectivity index (χ1n) is 5.23. The molecule has 0 aliphatic carbocycles. The fourth-order valence-electron chi connectivity index (χ4n) is 1.31. The van der Waals surface area contributed by atoms with Crippen molar-refractivity contribution in [3.63, 3.8) is 0 Å². The van der Waals surface area contributed by atoms with Gasteiger partial charge in [-0.3, -0.25) is 14.8 Å². The zero-order chi connectivity index (χ0) is 12.1. The number of hydrogen-bond donors (Lipinski definition) is 0. The summed E-state index contributed by atoms with van der Waals surface area (Å²) in [7, 11) is 3.63. The van der Waals surface area contributed by atoms with E-state index in [9.17, 15) is 4.79 Å². The lowest BCUT2D eigenvalue weighted by molar-refractivity contribution is -0.125. The van der Waals surface area contributed by atoms with E-state index in [1.54, 1.807) is 18.1 Å². The van der Waals surface area contributed by atoms with Crippen molar-refractivity contribution < 1.29 is 4.79 Å². The van der Waals surface area contributed by atoms with Crippen LogP contribution in [0, 0.1) is 0 Å². The lowest BCUT2D eigenvalue weighted by Crippen LogP contribution is -2.40. The highest BCUT2D eigenvalue weighted by Gasteiger charge is 2.11. The Hall–Kier alpha value is -1.77. The average Bonchev–Trinajstić information content (AvgIpc) is 2.27. The molecule has 0 bridgehead atoms. The molecule has 0 aromatic heterocycles. The van der Waals surface area contributed by atoms with Gasteiger partial charge >= 0.3 is 0 Å². The number of hydrogen-bond acceptors (Lipinski definition) is 2. The fourth-order valence-corrected chi connectivity index (χ4v) is 1.31. The molecule has 3 nitrogen and oxygen atoms in total. The van der Waals surface area contributed by atoms with E-state index in [0.717, 1.165) is 11.3 Å². The van der Waals surface area contributed by atoms with Gasteiger partial charge in [0, 0.05) is 20.2 Å². The van der Waals surface area contributed by atoms with E-state index in [1.807, 2.05) is 56.2 Å². The molecule has 0 aliphatic heterocycles. The second-order valence-electron chi connectivity index (χ2n) is 3.94. The zero-order valence-corrected chi connectivity index (χ0v) is 10.3. The number of carbonyl (C=O) groups is 1. The molecule has 0 N–H and O–H groups in total. The number of nitrogens with zero attached hydrogens (tertiary/aromatic N) is 2. The van der Waals surface area contributed by atoms with Crippen LogP contribution in [0.25, 0.3) is 0 Å². The van der Waals surface area contributed by atoms with Crippen molar-refractivity contribution in [3.8, 4) is 0 Å². The van der Waals surface area contributed by atoms with Crippen LogP contribution >= 0.6 is 0 Å². The predicted octanol–water partition coefficient (Wildman–Crippen LogP) is 2.46. The SMILES string of the molecule is CC(C)=CC(=O)N(C)N(C)c1ccccc1. The minimum absolute atomic E-state index is 0.0219. The summed E-state index contributed by atoms with van der Waals surface area (Å²) < 4.78 is 0. The molecule has 1 amide bonds. The highest BCUT2D eigenvalue weighted by atomic mass is 16.2. The Morgan fingerprint density at radius 2 is 1.69 bits per heavy atom. The maximum absolute atomic E-state index is 11.8. The summed E-state index contributed by atoms with van der Waals surface area (Å²) in [5.74, 6) is -0.0219. The number of rotatable bonds is 3. The summed E-state index contributed by atoms with van der Waals surface area (Å²) in [5, 5.41) is 3.41. The molecule has 86 valence electrons. The maximum atomic E-state index is 11.8. The summed E-state index contributed by atoms with van der Waals surface area (Å²) >= 11 is 0. The van der Waals surface area contributed by atoms with Gasteiger partial charge in [-0.05, 0) is 26.0 Å². The second-order valence-corrected chi connectivity index (χ2v) is 3.94. The summed E-state index contributed by atoms with van der Waals surface area (Å²) in [6, 6.07) is 9.78. The second kappa shape index (κ2) is 5.35. The van der Waals surface area contributed by atoms with Crippen LogP contribution in [-0.4, -0.2) is 25.0 Å². The van der Waals surface area contributed by atoms with Crippen LogP contribution in [-0.2, 0) is 4.79 Å². The van der Waals surface area contributed by atoms with Crippen molar-refractivity contribution >= 4 is 11.6 Å². The van der Waals surface area contributed by atoms with Crippen LogP contribution < -0.4 is 5.01 Å². The third-order valence-electron chi connectivity index (χ3n) is 2.31. The molecule has 0 saturated carbocycles. The highest BCUT2D eigenvalue weighted by molar-refractivity contribution is 5.89. The molecule has 0 aliphatic rings. The van der Waals surface area contributed by atoms with Crippen LogP contribution in [0.3, 0.4) is 0 Å². The van der Waals surface area contributed by atoms with E-state index >= 15 is 0 Å². The first kappa shape index (κ1) is 12.3. The minimum atomic E-state index is -0.0219. The number of anilines is 1. The van der Waals surface area contributed by atoms with Crippen molar-refractivity contribution in [2.24, 2.45) is 0 Å². The van der Waals surface area contributed by atoms with Crippen LogP contribution in [0.1, 0.15) is 13.8 Å². The molecule has 16 heavy (non-hydrogen) atoms. The van der Waals surface area contributed by atoms with Gasteiger partial charge in [0.1, 0.15) is 0 Å². The molecule has 1 aromatic rings. The Morgan fingerprint density at radius 3 is 2.19 bits per heavy atom. The van der Waals surface area contributed by atoms with Crippen molar-refractivity contribution in [3.05, 3.63) is 42.0 Å². The Kier molecular flexibility index (Phi) is 4.11. The molecular formula is C13H18N2O. The van der Waals surface area contributed by atoms with E-state index in [-0.39, 0.29) is 5.91 Å². The Bertz CT molecular complexity index is 380. The molecule has 0 atom stereocenters. The lowest BCUT2D eigenvalue weighted by atomic mass is 10.3. The van der Waals surface area contributed by atoms with Crippen molar-refractivity contribution in [1.29, 1.82) is 0 Å². The van der Waals surface area contributed by atoms with E-state index < -0.39 is 0 Å². The summed E-state index contributed by atoms with van der Waals surface area (Å²) in [6.45, 7) is 3.82. The van der Waals surface area contributed by atoms with Crippen molar-refractivity contribution in [1.82, 2.24) is 5.01 Å². The Labute approximate surface area is 96.9 Å². The largest absolute Gasteiger partial charge is 0.286 e. The number of carbonyl (C=O) groups excluding carboxylic acids is 1. The topological polar surface area (TPSA) is 23.6 Å². The van der Waals surface area contributed by atoms with Crippen molar-refractivity contribution in [2.75, 3.05) is 19.1 Å². The van der Waals surface area contributed by atoms with E-state index in [4.69, 9.17) is 0 Å². The molecule has 0 spiro atoms. The van der Waals surface area contributed by atoms with E-state index in [0.29, 0.717) is 0 Å². The Balaban J connectivity index is 2.79. The van der Waals surface area contributed by atoms with Gasteiger partial charge in [0.05, 0.1) is 5.69 Å². The average molecular weight is 218 g/mol. The summed E-state index contributed by atoms with van der Waals surface area (Å²) in [4.78, 5) is 11.8. The molecule has 1 rings (SSSR count). The van der Waals surface area contributed by atoms with Gasteiger partial charge in [-0.25, -0.2) is 0 Å². The van der Waals surface area contributed by atoms with Crippen molar-refractivity contribution in [2.45, 2.75) is 13.8 Å². The molecule has 3 heteroatoms. The van der Waals surface area contributed by atoms with Gasteiger partial charge in [0.2, 0.25) is 0 Å². The van der Waals surface area contributed by atoms with Gasteiger partial charge in [0.15, 0.2) is 0 Å². The third kappa shape index (κ3) is 3.12. The number of hydrazine groups is 1. The lowest BCUT2D eigenvalue weighted by Gasteiger charge is -2.29. The molecule has 0 saturated heterocycles. The van der Waals surface area contributed by atoms with Gasteiger partial charge in [-0.15, -0.1) is 0 Å². The monoisotopic (exact) mass is 218 g/mol. The summed E-state index contributed by atoms with van der Waals surface area (Å²) in [6.07, 6.45) is 1.62. The summed E-state index contributed by atoms with van der Waals surface area (Å²) in [5.41, 5.74) is 1.99. The van der Waals surface area contributed by atoms with Crippen LogP contribution in [0.5, 0.6) is 0 Å². The fraction of sp³-hybridized carbons (Fsp3) is 0.308. The molecule has 0 unspecified atom stereocenters. The molecular weight excluding hydrogens is 200 g/mol. The highest BCUT2D eigenvalue weighted by Crippen LogP contribution is 2.12. The molecule has 0 heterocycles. The van der Waals surface area contributed by atoms with E-state index in [2.05, 4.69) is 0 Å². The first-order chi connectivity index (χ1) is 7.52. The normalized spacial score (nSPS) is 9.50. The molecule has 0 fully saturated rings. The van der Waals surface area contributed by atoms with Crippen LogP contribution in [0.15, 0.2) is 42.0 Å². The predicted molar refractivity (Wildman–Crippen MR) is 67.0 cm³/mol.